The van der Waals surface area contributed by atoms with Gasteiger partial charge in [-0.1, -0.05) is 0 Å². The fourth-order valence-corrected chi connectivity index (χ4v) is 2.56. The first-order valence-electron chi connectivity index (χ1n) is 6.32. The molecular formula is C12H20F3NO. The quantitative estimate of drug-likeness (QED) is 0.745. The van der Waals surface area contributed by atoms with Crippen LogP contribution in [-0.4, -0.2) is 43.9 Å². The van der Waals surface area contributed by atoms with E-state index >= 15 is 0 Å². The van der Waals surface area contributed by atoms with Crippen molar-refractivity contribution < 1.29 is 17.9 Å². The molecule has 0 unspecified atom stereocenters. The lowest BCUT2D eigenvalue weighted by molar-refractivity contribution is -0.170. The number of nitrogens with zero attached hydrogens (tertiary/aromatic N) is 1. The van der Waals surface area contributed by atoms with Gasteiger partial charge in [-0.3, -0.25) is 0 Å². The first-order chi connectivity index (χ1) is 7.95. The van der Waals surface area contributed by atoms with Crippen molar-refractivity contribution in [2.45, 2.75) is 32.4 Å². The molecule has 0 amide bonds. The van der Waals surface area contributed by atoms with Crippen molar-refractivity contribution in [3.8, 4) is 0 Å². The molecule has 1 saturated heterocycles. The van der Waals surface area contributed by atoms with E-state index in [1.807, 2.05) is 11.8 Å². The van der Waals surface area contributed by atoms with Gasteiger partial charge in [0.1, 0.15) is 0 Å². The minimum Gasteiger partial charge on any atom is -0.381 e. The number of likely N-dealkylation sites (tertiary alicyclic amines) is 1. The number of rotatable bonds is 5. The lowest BCUT2D eigenvalue weighted by atomic mass is 10.1. The number of hydrogen-bond acceptors (Lipinski definition) is 2. The molecule has 0 aromatic rings. The molecule has 0 bridgehead atoms. The van der Waals surface area contributed by atoms with E-state index in [4.69, 9.17) is 4.74 Å². The van der Waals surface area contributed by atoms with Crippen molar-refractivity contribution >= 4 is 0 Å². The summed E-state index contributed by atoms with van der Waals surface area (Å²) in [5.41, 5.74) is 0.163. The molecule has 1 aliphatic carbocycles. The Morgan fingerprint density at radius 1 is 1.35 bits per heavy atom. The molecule has 1 saturated carbocycles. The van der Waals surface area contributed by atoms with Gasteiger partial charge in [0.25, 0.3) is 0 Å². The Bertz CT molecular complexity index is 263. The summed E-state index contributed by atoms with van der Waals surface area (Å²) < 4.78 is 43.0. The third-order valence-electron chi connectivity index (χ3n) is 3.86. The molecule has 1 atom stereocenters. The van der Waals surface area contributed by atoms with E-state index in [1.54, 1.807) is 0 Å². The Hall–Kier alpha value is -0.290. The summed E-state index contributed by atoms with van der Waals surface area (Å²) in [6.07, 6.45) is -1.57. The average Bonchev–Trinajstić information content (AvgIpc) is 2.81. The van der Waals surface area contributed by atoms with Crippen LogP contribution in [0.4, 0.5) is 13.2 Å². The Labute approximate surface area is 100 Å². The van der Waals surface area contributed by atoms with Crippen LogP contribution in [0.5, 0.6) is 0 Å². The Kier molecular flexibility index (Phi) is 3.69. The van der Waals surface area contributed by atoms with Crippen molar-refractivity contribution in [2.75, 3.05) is 32.8 Å². The van der Waals surface area contributed by atoms with Gasteiger partial charge in [-0.15, -0.1) is 0 Å². The van der Waals surface area contributed by atoms with E-state index in [2.05, 4.69) is 0 Å². The number of alkyl halides is 3. The molecule has 100 valence electrons. The van der Waals surface area contributed by atoms with Gasteiger partial charge in [-0.05, 0) is 32.7 Å². The van der Waals surface area contributed by atoms with Gasteiger partial charge >= 0.3 is 6.18 Å². The summed E-state index contributed by atoms with van der Waals surface area (Å²) >= 11 is 0. The van der Waals surface area contributed by atoms with E-state index in [0.29, 0.717) is 19.8 Å². The SMILES string of the molecule is CCOCC1(CN2CC[C@@H](C(F)(F)F)C2)CC1. The molecule has 2 aliphatic rings. The lowest BCUT2D eigenvalue weighted by Gasteiger charge is -2.23. The van der Waals surface area contributed by atoms with Gasteiger partial charge in [0, 0.05) is 25.1 Å². The van der Waals surface area contributed by atoms with Crippen molar-refractivity contribution in [3.63, 3.8) is 0 Å². The second kappa shape index (κ2) is 4.76. The molecule has 2 nitrogen and oxygen atoms in total. The molecule has 0 radical (unpaired) electrons. The van der Waals surface area contributed by atoms with Crippen LogP contribution >= 0.6 is 0 Å². The molecule has 2 rings (SSSR count). The predicted molar refractivity (Wildman–Crippen MR) is 58.8 cm³/mol. The third kappa shape index (κ3) is 3.35. The largest absolute Gasteiger partial charge is 0.393 e. The standard InChI is InChI=1S/C12H20F3NO/c1-2-17-9-11(4-5-11)8-16-6-3-10(7-16)12(13,14)15/h10H,2-9H2,1H3/t10-/m1/s1. The van der Waals surface area contributed by atoms with E-state index in [0.717, 1.165) is 19.4 Å². The van der Waals surface area contributed by atoms with Crippen LogP contribution in [0.3, 0.4) is 0 Å². The topological polar surface area (TPSA) is 12.5 Å². The smallest absolute Gasteiger partial charge is 0.381 e. The summed E-state index contributed by atoms with van der Waals surface area (Å²) in [4.78, 5) is 1.96. The fourth-order valence-electron chi connectivity index (χ4n) is 2.56. The van der Waals surface area contributed by atoms with Crippen LogP contribution in [-0.2, 0) is 4.74 Å². The summed E-state index contributed by atoms with van der Waals surface area (Å²) in [5, 5.41) is 0. The van der Waals surface area contributed by atoms with Crippen LogP contribution in [0.1, 0.15) is 26.2 Å². The summed E-state index contributed by atoms with van der Waals surface area (Å²) in [6.45, 7) is 4.88. The van der Waals surface area contributed by atoms with Crippen LogP contribution in [0, 0.1) is 11.3 Å². The Balaban J connectivity index is 1.78. The van der Waals surface area contributed by atoms with Gasteiger partial charge in [0.15, 0.2) is 0 Å². The minimum atomic E-state index is -4.02. The lowest BCUT2D eigenvalue weighted by Crippen LogP contribution is -2.33. The van der Waals surface area contributed by atoms with Crippen molar-refractivity contribution in [3.05, 3.63) is 0 Å². The zero-order valence-electron chi connectivity index (χ0n) is 10.2. The molecule has 17 heavy (non-hydrogen) atoms. The molecule has 0 aromatic carbocycles. The highest BCUT2D eigenvalue weighted by Crippen LogP contribution is 2.47. The summed E-state index contributed by atoms with van der Waals surface area (Å²) in [6, 6.07) is 0. The molecule has 1 aliphatic heterocycles. The van der Waals surface area contributed by atoms with Gasteiger partial charge < -0.3 is 9.64 Å². The van der Waals surface area contributed by atoms with E-state index < -0.39 is 12.1 Å². The number of halogens is 3. The summed E-state index contributed by atoms with van der Waals surface area (Å²) in [7, 11) is 0. The second-order valence-electron chi connectivity index (χ2n) is 5.40. The summed E-state index contributed by atoms with van der Waals surface area (Å²) in [5.74, 6) is -1.12. The van der Waals surface area contributed by atoms with Gasteiger partial charge in [-0.2, -0.15) is 13.2 Å². The van der Waals surface area contributed by atoms with Gasteiger partial charge in [0.2, 0.25) is 0 Å². The highest BCUT2D eigenvalue weighted by atomic mass is 19.4. The average molecular weight is 251 g/mol. The molecular weight excluding hydrogens is 231 g/mol. The van der Waals surface area contributed by atoms with E-state index in [9.17, 15) is 13.2 Å². The monoisotopic (exact) mass is 251 g/mol. The second-order valence-corrected chi connectivity index (χ2v) is 5.40. The Morgan fingerprint density at radius 3 is 2.53 bits per heavy atom. The van der Waals surface area contributed by atoms with Crippen LogP contribution in [0.2, 0.25) is 0 Å². The first-order valence-corrected chi connectivity index (χ1v) is 6.32. The maximum Gasteiger partial charge on any atom is 0.393 e. The van der Waals surface area contributed by atoms with Crippen LogP contribution in [0.25, 0.3) is 0 Å². The van der Waals surface area contributed by atoms with Crippen LogP contribution in [0.15, 0.2) is 0 Å². The third-order valence-corrected chi connectivity index (χ3v) is 3.86. The molecule has 2 fully saturated rings. The number of hydrogen-bond donors (Lipinski definition) is 0. The zero-order valence-corrected chi connectivity index (χ0v) is 10.2. The maximum atomic E-state index is 12.5. The van der Waals surface area contributed by atoms with E-state index in [-0.39, 0.29) is 18.4 Å². The highest BCUT2D eigenvalue weighted by Gasteiger charge is 2.48. The molecule has 0 N–H and O–H groups in total. The number of ether oxygens (including phenoxy) is 1. The molecule has 0 spiro atoms. The van der Waals surface area contributed by atoms with Crippen LogP contribution < -0.4 is 0 Å². The van der Waals surface area contributed by atoms with Gasteiger partial charge in [0.05, 0.1) is 12.5 Å². The molecule has 1 heterocycles. The zero-order chi connectivity index (χ0) is 12.5. The van der Waals surface area contributed by atoms with E-state index in [1.165, 1.54) is 0 Å². The molecule has 0 aromatic heterocycles. The predicted octanol–water partition coefficient (Wildman–Crippen LogP) is 2.69. The van der Waals surface area contributed by atoms with Crippen molar-refractivity contribution in [1.29, 1.82) is 0 Å². The minimum absolute atomic E-state index is 0.163. The van der Waals surface area contributed by atoms with Crippen molar-refractivity contribution in [2.24, 2.45) is 11.3 Å². The van der Waals surface area contributed by atoms with Gasteiger partial charge in [-0.25, -0.2) is 0 Å². The molecule has 5 heteroatoms. The Morgan fingerprint density at radius 2 is 2.06 bits per heavy atom. The normalized spacial score (nSPS) is 28.6. The maximum absolute atomic E-state index is 12.5. The highest BCUT2D eigenvalue weighted by molar-refractivity contribution is 4.97. The fraction of sp³-hybridized carbons (Fsp3) is 1.00. The van der Waals surface area contributed by atoms with Crippen molar-refractivity contribution in [1.82, 2.24) is 4.90 Å². The first kappa shape index (κ1) is 13.1.